The van der Waals surface area contributed by atoms with E-state index in [9.17, 15) is 19.2 Å². The molecular weight excluding hydrogens is 348 g/mol. The van der Waals surface area contributed by atoms with Crippen LogP contribution < -0.4 is 10.6 Å². The van der Waals surface area contributed by atoms with Gasteiger partial charge in [-0.05, 0) is 39.5 Å². The third-order valence-corrected chi connectivity index (χ3v) is 5.46. The second kappa shape index (κ2) is 9.19. The molecule has 8 heteroatoms. The number of hydrogen-bond acceptors (Lipinski definition) is 4. The first kappa shape index (κ1) is 21.2. The van der Waals surface area contributed by atoms with Crippen LogP contribution in [0.25, 0.3) is 0 Å². The van der Waals surface area contributed by atoms with E-state index in [1.807, 2.05) is 20.8 Å². The molecule has 0 spiro atoms. The van der Waals surface area contributed by atoms with Crippen molar-refractivity contribution in [2.45, 2.75) is 84.0 Å². The van der Waals surface area contributed by atoms with Gasteiger partial charge in [0.25, 0.3) is 0 Å². The highest BCUT2D eigenvalue weighted by Gasteiger charge is 2.51. The van der Waals surface area contributed by atoms with E-state index < -0.39 is 6.04 Å². The van der Waals surface area contributed by atoms with Crippen LogP contribution in [0.5, 0.6) is 0 Å². The number of amides is 4. The SMILES string of the molecule is CCC(C)NC(=O)N1CC[C@@H]2[C@H]1C(=O)CN2C(=O)CCCC(C)NC(C)=O. The third-order valence-electron chi connectivity index (χ3n) is 5.46. The van der Waals surface area contributed by atoms with Crippen molar-refractivity contribution in [3.63, 3.8) is 0 Å². The molecule has 0 aromatic rings. The summed E-state index contributed by atoms with van der Waals surface area (Å²) in [6, 6.07) is -0.869. The van der Waals surface area contributed by atoms with E-state index in [0.29, 0.717) is 32.2 Å². The molecule has 0 aliphatic carbocycles. The van der Waals surface area contributed by atoms with Crippen LogP contribution in [0.3, 0.4) is 0 Å². The second-order valence-corrected chi connectivity index (χ2v) is 7.73. The average molecular weight is 380 g/mol. The molecule has 2 unspecified atom stereocenters. The molecule has 152 valence electrons. The largest absolute Gasteiger partial charge is 0.354 e. The van der Waals surface area contributed by atoms with Crippen molar-refractivity contribution in [2.24, 2.45) is 0 Å². The number of carbonyl (C=O) groups excluding carboxylic acids is 4. The molecule has 4 amide bonds. The molecule has 0 aromatic heterocycles. The fraction of sp³-hybridized carbons (Fsp3) is 0.789. The zero-order valence-corrected chi connectivity index (χ0v) is 16.8. The Morgan fingerprint density at radius 2 is 1.85 bits per heavy atom. The highest BCUT2D eigenvalue weighted by atomic mass is 16.2. The van der Waals surface area contributed by atoms with Crippen LogP contribution in [-0.4, -0.2) is 70.7 Å². The first-order chi connectivity index (χ1) is 12.7. The molecule has 27 heavy (non-hydrogen) atoms. The number of urea groups is 1. The number of ketones is 1. The molecular formula is C19H32N4O4. The van der Waals surface area contributed by atoms with Gasteiger partial charge in [0.1, 0.15) is 6.04 Å². The Kier molecular flexibility index (Phi) is 7.21. The minimum absolute atomic E-state index is 0.0227. The Balaban J connectivity index is 1.88. The van der Waals surface area contributed by atoms with E-state index in [-0.39, 0.29) is 48.3 Å². The predicted octanol–water partition coefficient (Wildman–Crippen LogP) is 1.04. The van der Waals surface area contributed by atoms with Gasteiger partial charge in [-0.15, -0.1) is 0 Å². The normalized spacial score (nSPS) is 23.8. The highest BCUT2D eigenvalue weighted by Crippen LogP contribution is 2.30. The highest BCUT2D eigenvalue weighted by molar-refractivity contribution is 5.97. The summed E-state index contributed by atoms with van der Waals surface area (Å²) >= 11 is 0. The number of Topliss-reactive ketones (excluding diaryl/α,β-unsaturated/α-hetero) is 1. The first-order valence-electron chi connectivity index (χ1n) is 9.91. The van der Waals surface area contributed by atoms with Crippen LogP contribution in [0.1, 0.15) is 59.8 Å². The lowest BCUT2D eigenvalue weighted by atomic mass is 10.1. The first-order valence-corrected chi connectivity index (χ1v) is 9.91. The number of likely N-dealkylation sites (tertiary alicyclic amines) is 2. The fourth-order valence-electron chi connectivity index (χ4n) is 3.89. The lowest BCUT2D eigenvalue weighted by Crippen LogP contribution is -2.49. The zero-order valence-electron chi connectivity index (χ0n) is 16.8. The molecule has 4 atom stereocenters. The van der Waals surface area contributed by atoms with E-state index in [1.54, 1.807) is 9.80 Å². The smallest absolute Gasteiger partial charge is 0.318 e. The monoisotopic (exact) mass is 380 g/mol. The van der Waals surface area contributed by atoms with Gasteiger partial charge in [-0.2, -0.15) is 0 Å². The van der Waals surface area contributed by atoms with Crippen molar-refractivity contribution < 1.29 is 19.2 Å². The van der Waals surface area contributed by atoms with Crippen molar-refractivity contribution in [3.8, 4) is 0 Å². The Hall–Kier alpha value is -2.12. The lowest BCUT2D eigenvalue weighted by molar-refractivity contribution is -0.133. The van der Waals surface area contributed by atoms with Crippen molar-refractivity contribution in [1.29, 1.82) is 0 Å². The van der Waals surface area contributed by atoms with Crippen LogP contribution in [0.15, 0.2) is 0 Å². The minimum atomic E-state index is -0.517. The van der Waals surface area contributed by atoms with Gasteiger partial charge in [0, 0.05) is 32.0 Å². The van der Waals surface area contributed by atoms with Gasteiger partial charge in [-0.1, -0.05) is 6.92 Å². The second-order valence-electron chi connectivity index (χ2n) is 7.73. The average Bonchev–Trinajstić information content (AvgIpc) is 3.15. The van der Waals surface area contributed by atoms with Gasteiger partial charge in [0.15, 0.2) is 5.78 Å². The van der Waals surface area contributed by atoms with E-state index in [0.717, 1.165) is 6.42 Å². The Bertz CT molecular complexity index is 594. The molecule has 2 heterocycles. The Labute approximate surface area is 161 Å². The van der Waals surface area contributed by atoms with Gasteiger partial charge >= 0.3 is 6.03 Å². The lowest BCUT2D eigenvalue weighted by Gasteiger charge is -2.25. The van der Waals surface area contributed by atoms with Gasteiger partial charge < -0.3 is 20.4 Å². The maximum atomic E-state index is 12.6. The van der Waals surface area contributed by atoms with E-state index in [2.05, 4.69) is 10.6 Å². The molecule has 0 saturated carbocycles. The summed E-state index contributed by atoms with van der Waals surface area (Å²) in [6.45, 7) is 7.88. The van der Waals surface area contributed by atoms with Crippen molar-refractivity contribution in [2.75, 3.05) is 13.1 Å². The van der Waals surface area contributed by atoms with Gasteiger partial charge in [-0.3, -0.25) is 14.4 Å². The molecule has 8 nitrogen and oxygen atoms in total. The Morgan fingerprint density at radius 3 is 2.48 bits per heavy atom. The van der Waals surface area contributed by atoms with Crippen LogP contribution >= 0.6 is 0 Å². The summed E-state index contributed by atoms with van der Waals surface area (Å²) in [4.78, 5) is 51.8. The van der Waals surface area contributed by atoms with E-state index in [4.69, 9.17) is 0 Å². The van der Waals surface area contributed by atoms with Crippen LogP contribution in [0.4, 0.5) is 4.79 Å². The van der Waals surface area contributed by atoms with Gasteiger partial charge in [0.05, 0.1) is 12.6 Å². The standard InChI is InChI=1S/C19H32N4O4/c1-5-12(2)21-19(27)22-10-9-15-18(22)16(25)11-23(15)17(26)8-6-7-13(3)20-14(4)24/h12-13,15,18H,5-11H2,1-4H3,(H,20,24)(H,21,27)/t12?,13?,15-,18+/m1/s1. The third kappa shape index (κ3) is 5.20. The quantitative estimate of drug-likeness (QED) is 0.689. The summed E-state index contributed by atoms with van der Waals surface area (Å²) in [7, 11) is 0. The molecule has 2 fully saturated rings. The number of hydrogen-bond donors (Lipinski definition) is 2. The maximum absolute atomic E-state index is 12.6. The number of rotatable bonds is 7. The number of carbonyl (C=O) groups is 4. The fourth-order valence-corrected chi connectivity index (χ4v) is 3.89. The topological polar surface area (TPSA) is 98.8 Å². The number of fused-ring (bicyclic) bond motifs is 1. The Morgan fingerprint density at radius 1 is 1.15 bits per heavy atom. The number of nitrogens with one attached hydrogen (secondary N) is 2. The summed E-state index contributed by atoms with van der Waals surface area (Å²) in [5.41, 5.74) is 0. The van der Waals surface area contributed by atoms with Gasteiger partial charge in [-0.25, -0.2) is 4.79 Å². The number of nitrogens with zero attached hydrogens (tertiary/aromatic N) is 2. The summed E-state index contributed by atoms with van der Waals surface area (Å²) in [5, 5.41) is 5.71. The van der Waals surface area contributed by atoms with Crippen molar-refractivity contribution in [3.05, 3.63) is 0 Å². The summed E-state index contributed by atoms with van der Waals surface area (Å²) < 4.78 is 0. The van der Waals surface area contributed by atoms with Crippen LogP contribution in [0, 0.1) is 0 Å². The summed E-state index contributed by atoms with van der Waals surface area (Å²) in [5.74, 6) is -0.185. The minimum Gasteiger partial charge on any atom is -0.354 e. The molecule has 0 bridgehead atoms. The molecule has 0 radical (unpaired) electrons. The molecule has 2 saturated heterocycles. The predicted molar refractivity (Wildman–Crippen MR) is 101 cm³/mol. The van der Waals surface area contributed by atoms with Crippen LogP contribution in [0.2, 0.25) is 0 Å². The maximum Gasteiger partial charge on any atom is 0.318 e. The van der Waals surface area contributed by atoms with Crippen molar-refractivity contribution in [1.82, 2.24) is 20.4 Å². The summed E-state index contributed by atoms with van der Waals surface area (Å²) in [6.07, 6.45) is 3.17. The van der Waals surface area contributed by atoms with E-state index >= 15 is 0 Å². The molecule has 2 rings (SSSR count). The zero-order chi connectivity index (χ0) is 20.1. The van der Waals surface area contributed by atoms with Crippen LogP contribution in [-0.2, 0) is 14.4 Å². The molecule has 2 aliphatic rings. The molecule has 0 aromatic carbocycles. The molecule has 2 N–H and O–H groups in total. The van der Waals surface area contributed by atoms with Gasteiger partial charge in [0.2, 0.25) is 11.8 Å². The molecule has 2 aliphatic heterocycles. The van der Waals surface area contributed by atoms with Crippen molar-refractivity contribution >= 4 is 23.6 Å². The van der Waals surface area contributed by atoms with E-state index in [1.165, 1.54) is 6.92 Å².